The second-order valence-corrected chi connectivity index (χ2v) is 8.32. The van der Waals surface area contributed by atoms with Crippen LogP contribution in [0.3, 0.4) is 0 Å². The topological polar surface area (TPSA) is 46.0 Å². The van der Waals surface area contributed by atoms with Crippen LogP contribution < -0.4 is 0 Å². The molecule has 2 aromatic heterocycles. The number of rotatable bonds is 2. The summed E-state index contributed by atoms with van der Waals surface area (Å²) in [7, 11) is 0. The molecule has 0 aliphatic heterocycles. The second kappa shape index (κ2) is 6.06. The highest BCUT2D eigenvalue weighted by Crippen LogP contribution is 2.44. The number of phenolic OH excluding ortho intramolecular Hbond substituents is 1. The van der Waals surface area contributed by atoms with Crippen LogP contribution in [-0.2, 0) is 0 Å². The summed E-state index contributed by atoms with van der Waals surface area (Å²) in [4.78, 5) is 9.29. The van der Waals surface area contributed by atoms with E-state index in [1.54, 1.807) is 12.1 Å². The van der Waals surface area contributed by atoms with Crippen molar-refractivity contribution >= 4 is 54.7 Å². The first kappa shape index (κ1) is 15.8. The van der Waals surface area contributed by atoms with Gasteiger partial charge in [-0.25, -0.2) is 9.97 Å². The first-order chi connectivity index (χ1) is 12.7. The molecule has 0 atom stereocenters. The van der Waals surface area contributed by atoms with Gasteiger partial charge in [0.1, 0.15) is 15.8 Å². The van der Waals surface area contributed by atoms with Crippen molar-refractivity contribution < 1.29 is 5.11 Å². The Bertz CT molecular complexity index is 1110. The van der Waals surface area contributed by atoms with Gasteiger partial charge in [0.25, 0.3) is 0 Å². The number of nitrogens with zero attached hydrogens (tertiary/aromatic N) is 2. The van der Waals surface area contributed by atoms with Crippen LogP contribution in [0.4, 0.5) is 0 Å². The molecule has 5 aromatic rings. The van der Waals surface area contributed by atoms with Gasteiger partial charge in [-0.15, -0.1) is 22.7 Å². The van der Waals surface area contributed by atoms with Gasteiger partial charge in [0.05, 0.1) is 31.6 Å². The van der Waals surface area contributed by atoms with Crippen LogP contribution in [0.5, 0.6) is 5.75 Å². The zero-order valence-corrected chi connectivity index (χ0v) is 15.7. The van der Waals surface area contributed by atoms with E-state index in [1.807, 2.05) is 48.5 Å². The molecule has 126 valence electrons. The maximum Gasteiger partial charge on any atom is 0.136 e. The van der Waals surface area contributed by atoms with Gasteiger partial charge in [-0.1, -0.05) is 35.9 Å². The average Bonchev–Trinajstić information content (AvgIpc) is 3.26. The molecule has 0 aliphatic rings. The SMILES string of the molecule is Oc1c(-c2nc3ccccc3s2)cc(Cl)cc1-c1nc2ccccc2s1. The molecule has 2 heterocycles. The predicted molar refractivity (Wildman–Crippen MR) is 110 cm³/mol. The predicted octanol–water partition coefficient (Wildman–Crippen LogP) is 6.60. The van der Waals surface area contributed by atoms with E-state index in [-0.39, 0.29) is 5.75 Å². The minimum absolute atomic E-state index is 0.160. The van der Waals surface area contributed by atoms with Crippen LogP contribution >= 0.6 is 34.3 Å². The van der Waals surface area contributed by atoms with E-state index >= 15 is 0 Å². The van der Waals surface area contributed by atoms with Crippen LogP contribution in [0.1, 0.15) is 0 Å². The van der Waals surface area contributed by atoms with Crippen molar-refractivity contribution in [3.63, 3.8) is 0 Å². The van der Waals surface area contributed by atoms with Crippen LogP contribution in [-0.4, -0.2) is 15.1 Å². The highest BCUT2D eigenvalue weighted by Gasteiger charge is 2.18. The Labute approximate surface area is 162 Å². The molecule has 0 saturated heterocycles. The number of thiazole rings is 2. The number of fused-ring (bicyclic) bond motifs is 2. The van der Waals surface area contributed by atoms with E-state index < -0.39 is 0 Å². The van der Waals surface area contributed by atoms with Gasteiger partial charge in [-0.05, 0) is 36.4 Å². The molecule has 3 nitrogen and oxygen atoms in total. The summed E-state index contributed by atoms with van der Waals surface area (Å²) >= 11 is 9.43. The fraction of sp³-hybridized carbons (Fsp3) is 0. The van der Waals surface area contributed by atoms with E-state index in [1.165, 1.54) is 22.7 Å². The standard InChI is InChI=1S/C20H11ClN2OS2/c21-11-9-12(19-22-14-5-1-3-7-16(14)25-19)18(24)13(10-11)20-23-15-6-2-4-8-17(15)26-20/h1-10,24H. The summed E-state index contributed by atoms with van der Waals surface area (Å²) in [6, 6.07) is 19.3. The Morgan fingerprint density at radius 1 is 0.731 bits per heavy atom. The van der Waals surface area contributed by atoms with Crippen molar-refractivity contribution in [2.45, 2.75) is 0 Å². The Morgan fingerprint density at radius 3 is 1.65 bits per heavy atom. The molecule has 0 bridgehead atoms. The van der Waals surface area contributed by atoms with Gasteiger partial charge in [0, 0.05) is 5.02 Å². The maximum atomic E-state index is 10.9. The molecule has 0 saturated carbocycles. The molecule has 0 amide bonds. The van der Waals surface area contributed by atoms with Crippen molar-refractivity contribution in [1.82, 2.24) is 9.97 Å². The molecule has 0 radical (unpaired) electrons. The largest absolute Gasteiger partial charge is 0.506 e. The number of aromatic nitrogens is 2. The van der Waals surface area contributed by atoms with Gasteiger partial charge in [-0.3, -0.25) is 0 Å². The fourth-order valence-corrected chi connectivity index (χ4v) is 5.08. The first-order valence-electron chi connectivity index (χ1n) is 7.93. The lowest BCUT2D eigenvalue weighted by Crippen LogP contribution is -1.84. The average molecular weight is 395 g/mol. The summed E-state index contributed by atoms with van der Waals surface area (Å²) in [5, 5.41) is 13.0. The second-order valence-electron chi connectivity index (χ2n) is 5.82. The van der Waals surface area contributed by atoms with Gasteiger partial charge in [0.2, 0.25) is 0 Å². The van der Waals surface area contributed by atoms with E-state index in [0.717, 1.165) is 30.4 Å². The molecule has 0 aliphatic carbocycles. The number of hydrogen-bond acceptors (Lipinski definition) is 5. The third-order valence-corrected chi connectivity index (χ3v) is 6.48. The summed E-state index contributed by atoms with van der Waals surface area (Å²) < 4.78 is 2.15. The van der Waals surface area contributed by atoms with Crippen LogP contribution in [0.15, 0.2) is 60.7 Å². The van der Waals surface area contributed by atoms with E-state index in [9.17, 15) is 5.11 Å². The van der Waals surface area contributed by atoms with Gasteiger partial charge >= 0.3 is 0 Å². The molecule has 1 N–H and O–H groups in total. The van der Waals surface area contributed by atoms with Crippen LogP contribution in [0.2, 0.25) is 5.02 Å². The summed E-state index contributed by atoms with van der Waals surface area (Å²) in [6.07, 6.45) is 0. The Hall–Kier alpha value is -2.47. The lowest BCUT2D eigenvalue weighted by Gasteiger charge is -2.07. The van der Waals surface area contributed by atoms with Gasteiger partial charge < -0.3 is 5.11 Å². The van der Waals surface area contributed by atoms with Crippen molar-refractivity contribution in [3.05, 3.63) is 65.7 Å². The Morgan fingerprint density at radius 2 is 1.19 bits per heavy atom. The summed E-state index contributed by atoms with van der Waals surface area (Å²) in [5.41, 5.74) is 3.09. The highest BCUT2D eigenvalue weighted by atomic mass is 35.5. The minimum Gasteiger partial charge on any atom is -0.506 e. The Balaban J connectivity index is 1.72. The van der Waals surface area contributed by atoms with E-state index in [0.29, 0.717) is 16.1 Å². The molecule has 0 fully saturated rings. The highest BCUT2D eigenvalue weighted by molar-refractivity contribution is 7.22. The van der Waals surface area contributed by atoms with Crippen molar-refractivity contribution in [2.24, 2.45) is 0 Å². The summed E-state index contributed by atoms with van der Waals surface area (Å²) in [5.74, 6) is 0.160. The molecule has 6 heteroatoms. The molecule has 0 spiro atoms. The van der Waals surface area contributed by atoms with Crippen LogP contribution in [0, 0.1) is 0 Å². The normalized spacial score (nSPS) is 11.4. The maximum absolute atomic E-state index is 10.9. The lowest BCUT2D eigenvalue weighted by molar-refractivity contribution is 0.479. The molecule has 0 unspecified atom stereocenters. The lowest BCUT2D eigenvalue weighted by atomic mass is 10.1. The van der Waals surface area contributed by atoms with Gasteiger partial charge in [0.15, 0.2) is 0 Å². The quantitative estimate of drug-likeness (QED) is 0.367. The number of para-hydroxylation sites is 2. The molecule has 5 rings (SSSR count). The number of aromatic hydroxyl groups is 1. The Kier molecular flexibility index (Phi) is 3.67. The molecule has 26 heavy (non-hydrogen) atoms. The third-order valence-electron chi connectivity index (χ3n) is 4.12. The molecular weight excluding hydrogens is 384 g/mol. The van der Waals surface area contributed by atoms with E-state index in [2.05, 4.69) is 9.97 Å². The monoisotopic (exact) mass is 394 g/mol. The third kappa shape index (κ3) is 2.56. The fourth-order valence-electron chi connectivity index (χ4n) is 2.90. The zero-order chi connectivity index (χ0) is 17.7. The first-order valence-corrected chi connectivity index (χ1v) is 9.94. The van der Waals surface area contributed by atoms with Crippen LogP contribution in [0.25, 0.3) is 41.6 Å². The smallest absolute Gasteiger partial charge is 0.136 e. The number of hydrogen-bond donors (Lipinski definition) is 1. The zero-order valence-electron chi connectivity index (χ0n) is 13.3. The van der Waals surface area contributed by atoms with Crippen molar-refractivity contribution in [3.8, 4) is 26.9 Å². The number of phenols is 1. The molecule has 3 aromatic carbocycles. The number of benzene rings is 3. The minimum atomic E-state index is 0.160. The summed E-state index contributed by atoms with van der Waals surface area (Å²) in [6.45, 7) is 0. The van der Waals surface area contributed by atoms with E-state index in [4.69, 9.17) is 11.6 Å². The van der Waals surface area contributed by atoms with Crippen molar-refractivity contribution in [1.29, 1.82) is 0 Å². The number of halogens is 1. The molecular formula is C20H11ClN2OS2. The van der Waals surface area contributed by atoms with Gasteiger partial charge in [-0.2, -0.15) is 0 Å². The van der Waals surface area contributed by atoms with Crippen molar-refractivity contribution in [2.75, 3.05) is 0 Å².